The molecule has 0 fully saturated rings. The monoisotopic (exact) mass is 775 g/mol. The van der Waals surface area contributed by atoms with Gasteiger partial charge in [0.2, 0.25) is 0 Å². The Morgan fingerprint density at radius 3 is 1.46 bits per heavy atom. The Morgan fingerprint density at radius 2 is 0.820 bits per heavy atom. The highest BCUT2D eigenvalue weighted by atomic mass is 16.3. The van der Waals surface area contributed by atoms with Crippen molar-refractivity contribution in [2.45, 2.75) is 5.41 Å². The number of fused-ring (bicyclic) bond motifs is 15. The molecule has 13 rings (SSSR count). The van der Waals surface area contributed by atoms with Crippen LogP contribution in [-0.4, -0.2) is 0 Å². The molecule has 0 bridgehead atoms. The van der Waals surface area contributed by atoms with E-state index in [1.807, 2.05) is 0 Å². The van der Waals surface area contributed by atoms with Crippen molar-refractivity contribution in [1.82, 2.24) is 0 Å². The number of furan rings is 1. The van der Waals surface area contributed by atoms with Gasteiger partial charge in [0.1, 0.15) is 5.58 Å². The zero-order chi connectivity index (χ0) is 40.1. The van der Waals surface area contributed by atoms with E-state index in [-0.39, 0.29) is 0 Å². The fourth-order valence-electron chi connectivity index (χ4n) is 10.7. The zero-order valence-corrected chi connectivity index (χ0v) is 33.2. The van der Waals surface area contributed by atoms with Gasteiger partial charge in [-0.25, -0.2) is 0 Å². The molecule has 10 aromatic carbocycles. The fourth-order valence-corrected chi connectivity index (χ4v) is 10.7. The molecule has 2 heteroatoms. The van der Waals surface area contributed by atoms with Gasteiger partial charge >= 0.3 is 0 Å². The lowest BCUT2D eigenvalue weighted by molar-refractivity contribution is 0.669. The van der Waals surface area contributed by atoms with Gasteiger partial charge in [-0.1, -0.05) is 188 Å². The molecule has 2 aliphatic rings. The van der Waals surface area contributed by atoms with Crippen LogP contribution in [0.25, 0.3) is 77.2 Å². The first kappa shape index (κ1) is 34.0. The van der Waals surface area contributed by atoms with Crippen LogP contribution in [0.4, 0.5) is 17.1 Å². The van der Waals surface area contributed by atoms with Gasteiger partial charge in [-0.15, -0.1) is 0 Å². The van der Waals surface area contributed by atoms with E-state index in [1.165, 1.54) is 77.5 Å². The number of benzene rings is 10. The smallest absolute Gasteiger partial charge is 0.160 e. The van der Waals surface area contributed by atoms with Gasteiger partial charge in [0.05, 0.1) is 11.1 Å². The Kier molecular flexibility index (Phi) is 7.26. The predicted octanol–water partition coefficient (Wildman–Crippen LogP) is 15.9. The van der Waals surface area contributed by atoms with Gasteiger partial charge in [0.15, 0.2) is 5.58 Å². The quantitative estimate of drug-likeness (QED) is 0.173. The minimum atomic E-state index is -0.464. The first-order valence-electron chi connectivity index (χ1n) is 21.1. The Labute approximate surface area is 354 Å². The molecule has 0 saturated heterocycles. The van der Waals surface area contributed by atoms with Gasteiger partial charge in [0.25, 0.3) is 0 Å². The minimum Gasteiger partial charge on any atom is -0.454 e. The van der Waals surface area contributed by atoms with Crippen molar-refractivity contribution in [3.05, 3.63) is 247 Å². The number of rotatable bonds is 5. The summed E-state index contributed by atoms with van der Waals surface area (Å²) in [6, 6.07) is 82.1. The molecule has 1 aromatic heterocycles. The summed E-state index contributed by atoms with van der Waals surface area (Å²) in [6.45, 7) is 0. The van der Waals surface area contributed by atoms with Gasteiger partial charge < -0.3 is 9.32 Å². The number of para-hydroxylation sites is 1. The first-order valence-corrected chi connectivity index (χ1v) is 21.1. The van der Waals surface area contributed by atoms with E-state index in [2.05, 4.69) is 229 Å². The van der Waals surface area contributed by atoms with Crippen LogP contribution in [-0.2, 0) is 5.41 Å². The highest BCUT2D eigenvalue weighted by molar-refractivity contribution is 6.23. The van der Waals surface area contributed by atoms with E-state index in [4.69, 9.17) is 4.42 Å². The zero-order valence-electron chi connectivity index (χ0n) is 33.2. The standard InChI is InChI=1S/C59H37NO/c1-2-14-38(15-3-1)39-26-28-40(29-27-39)41-30-32-43(33-31-41)60(55-36-42-16-4-5-17-45(42)57-50-21-9-13-25-56(50)61-58(55)57)44-34-35-49-48-20-8-12-24-53(48)59(54(49)37-44)51-22-10-6-18-46(51)47-19-7-11-23-52(47)59/h1-37H. The molecule has 0 radical (unpaired) electrons. The van der Waals surface area contributed by atoms with Crippen molar-refractivity contribution in [3.8, 4) is 44.5 Å². The number of anilines is 3. The predicted molar refractivity (Wildman–Crippen MR) is 253 cm³/mol. The average Bonchev–Trinajstić information content (AvgIpc) is 3.97. The van der Waals surface area contributed by atoms with Crippen LogP contribution < -0.4 is 4.90 Å². The second-order valence-corrected chi connectivity index (χ2v) is 16.4. The van der Waals surface area contributed by atoms with Crippen molar-refractivity contribution in [3.63, 3.8) is 0 Å². The fraction of sp³-hybridized carbons (Fsp3) is 0.0169. The Hall–Kier alpha value is -7.94. The van der Waals surface area contributed by atoms with Crippen molar-refractivity contribution in [1.29, 1.82) is 0 Å². The highest BCUT2D eigenvalue weighted by Crippen LogP contribution is 2.63. The normalized spacial score (nSPS) is 13.0. The number of hydrogen-bond donors (Lipinski definition) is 0. The van der Waals surface area contributed by atoms with Crippen LogP contribution in [0, 0.1) is 0 Å². The van der Waals surface area contributed by atoms with E-state index in [9.17, 15) is 0 Å². The van der Waals surface area contributed by atoms with Crippen molar-refractivity contribution in [2.75, 3.05) is 4.90 Å². The van der Waals surface area contributed by atoms with Gasteiger partial charge in [-0.3, -0.25) is 0 Å². The molecular formula is C59H37NO. The number of hydrogen-bond acceptors (Lipinski definition) is 2. The highest BCUT2D eigenvalue weighted by Gasteiger charge is 2.51. The van der Waals surface area contributed by atoms with Gasteiger partial charge in [-0.05, 0) is 114 Å². The minimum absolute atomic E-state index is 0.464. The molecule has 0 unspecified atom stereocenters. The molecule has 0 amide bonds. The van der Waals surface area contributed by atoms with Crippen LogP contribution in [0.2, 0.25) is 0 Å². The summed E-state index contributed by atoms with van der Waals surface area (Å²) in [5.41, 5.74) is 19.6. The molecule has 11 aromatic rings. The third kappa shape index (κ3) is 4.85. The summed E-state index contributed by atoms with van der Waals surface area (Å²) < 4.78 is 6.94. The molecule has 2 nitrogen and oxygen atoms in total. The maximum Gasteiger partial charge on any atom is 0.160 e. The van der Waals surface area contributed by atoms with E-state index >= 15 is 0 Å². The molecule has 0 saturated carbocycles. The third-order valence-corrected chi connectivity index (χ3v) is 13.3. The molecular weight excluding hydrogens is 739 g/mol. The van der Waals surface area contributed by atoms with Crippen LogP contribution in [0.5, 0.6) is 0 Å². The molecule has 2 aliphatic carbocycles. The first-order chi connectivity index (χ1) is 30.3. The summed E-state index contributed by atoms with van der Waals surface area (Å²) >= 11 is 0. The largest absolute Gasteiger partial charge is 0.454 e. The molecule has 0 atom stereocenters. The van der Waals surface area contributed by atoms with Crippen molar-refractivity contribution < 1.29 is 4.42 Å². The Balaban J connectivity index is 1.05. The summed E-state index contributed by atoms with van der Waals surface area (Å²) in [7, 11) is 0. The summed E-state index contributed by atoms with van der Waals surface area (Å²) in [4.78, 5) is 2.42. The lowest BCUT2D eigenvalue weighted by Gasteiger charge is -2.32. The molecule has 61 heavy (non-hydrogen) atoms. The van der Waals surface area contributed by atoms with Gasteiger partial charge in [-0.2, -0.15) is 0 Å². The molecule has 0 aliphatic heterocycles. The Bertz CT molecular complexity index is 3460. The van der Waals surface area contributed by atoms with E-state index in [0.717, 1.165) is 39.0 Å². The molecule has 284 valence electrons. The number of nitrogens with zero attached hydrogens (tertiary/aromatic N) is 1. The van der Waals surface area contributed by atoms with Crippen molar-refractivity contribution in [2.24, 2.45) is 0 Å². The SMILES string of the molecule is c1ccc(-c2ccc(-c3ccc(N(c4ccc5c(c4)C4(c6ccccc6-c6ccccc64)c4ccccc4-5)c4cc5ccccc5c5c4oc4ccccc45)cc3)cc2)cc1. The second kappa shape index (κ2) is 13.0. The molecule has 1 spiro atoms. The van der Waals surface area contributed by atoms with Crippen LogP contribution in [0.15, 0.2) is 229 Å². The van der Waals surface area contributed by atoms with Crippen LogP contribution >= 0.6 is 0 Å². The molecule has 0 N–H and O–H groups in total. The molecule has 1 heterocycles. The maximum atomic E-state index is 6.94. The second-order valence-electron chi connectivity index (χ2n) is 16.4. The van der Waals surface area contributed by atoms with Crippen molar-refractivity contribution >= 4 is 49.8 Å². The summed E-state index contributed by atoms with van der Waals surface area (Å²) in [5.74, 6) is 0. The summed E-state index contributed by atoms with van der Waals surface area (Å²) in [5, 5.41) is 4.60. The third-order valence-electron chi connectivity index (χ3n) is 13.3. The lowest BCUT2D eigenvalue weighted by atomic mass is 9.70. The van der Waals surface area contributed by atoms with E-state index < -0.39 is 5.41 Å². The summed E-state index contributed by atoms with van der Waals surface area (Å²) in [6.07, 6.45) is 0. The lowest BCUT2D eigenvalue weighted by Crippen LogP contribution is -2.26. The van der Waals surface area contributed by atoms with Crippen LogP contribution in [0.3, 0.4) is 0 Å². The van der Waals surface area contributed by atoms with Crippen LogP contribution in [0.1, 0.15) is 22.3 Å². The van der Waals surface area contributed by atoms with E-state index in [1.54, 1.807) is 0 Å². The van der Waals surface area contributed by atoms with E-state index in [0.29, 0.717) is 0 Å². The Morgan fingerprint density at radius 1 is 0.344 bits per heavy atom. The topological polar surface area (TPSA) is 16.4 Å². The average molecular weight is 776 g/mol. The maximum absolute atomic E-state index is 6.94. The van der Waals surface area contributed by atoms with Gasteiger partial charge in [0, 0.05) is 22.1 Å².